The van der Waals surface area contributed by atoms with Gasteiger partial charge in [0.2, 0.25) is 0 Å². The van der Waals surface area contributed by atoms with Gasteiger partial charge in [-0.3, -0.25) is 4.68 Å². The van der Waals surface area contributed by atoms with Crippen LogP contribution in [0.5, 0.6) is 0 Å². The molecule has 2 aromatic rings. The zero-order valence-electron chi connectivity index (χ0n) is 14.2. The summed E-state index contributed by atoms with van der Waals surface area (Å²) in [4.78, 5) is 14.2. The van der Waals surface area contributed by atoms with E-state index in [0.717, 1.165) is 11.1 Å². The maximum absolute atomic E-state index is 12.4. The predicted molar refractivity (Wildman–Crippen MR) is 91.6 cm³/mol. The van der Waals surface area contributed by atoms with Crippen LogP contribution in [-0.2, 0) is 17.8 Å². The van der Waals surface area contributed by atoms with Crippen LogP contribution in [0.3, 0.4) is 0 Å². The largest absolute Gasteiger partial charge is 0.372 e. The van der Waals surface area contributed by atoms with Gasteiger partial charge in [0.15, 0.2) is 0 Å². The molecular formula is C18H24N4O2. The van der Waals surface area contributed by atoms with Crippen LogP contribution >= 0.6 is 0 Å². The van der Waals surface area contributed by atoms with Gasteiger partial charge in [0.05, 0.1) is 25.3 Å². The normalized spacial score (nSPS) is 16.8. The number of morpholine rings is 1. The van der Waals surface area contributed by atoms with Gasteiger partial charge >= 0.3 is 6.03 Å². The molecule has 2 amide bonds. The van der Waals surface area contributed by atoms with E-state index in [0.29, 0.717) is 32.8 Å². The van der Waals surface area contributed by atoms with Crippen LogP contribution in [0.4, 0.5) is 4.79 Å². The third kappa shape index (κ3) is 4.14. The molecule has 0 aliphatic carbocycles. The minimum absolute atomic E-state index is 0.0414. The first-order valence-electron chi connectivity index (χ1n) is 8.24. The smallest absolute Gasteiger partial charge is 0.317 e. The van der Waals surface area contributed by atoms with Crippen molar-refractivity contribution in [3.8, 4) is 0 Å². The number of aromatic nitrogens is 2. The Morgan fingerprint density at radius 2 is 2.08 bits per heavy atom. The molecule has 0 bridgehead atoms. The number of rotatable bonds is 4. The number of amides is 2. The fourth-order valence-corrected chi connectivity index (χ4v) is 2.93. The van der Waals surface area contributed by atoms with Gasteiger partial charge < -0.3 is 15.0 Å². The van der Waals surface area contributed by atoms with Crippen LogP contribution in [0.25, 0.3) is 0 Å². The van der Waals surface area contributed by atoms with Crippen molar-refractivity contribution in [2.45, 2.75) is 32.5 Å². The average molecular weight is 328 g/mol. The average Bonchev–Trinajstić information content (AvgIpc) is 3.06. The first-order chi connectivity index (χ1) is 11.5. The van der Waals surface area contributed by atoms with Crippen LogP contribution in [0, 0.1) is 0 Å². The standard InChI is InChI=1S/C18H24N4O2/c1-18(2)14-21(10-11-24-18)17(23)19-12-15-6-3-4-7-16(15)13-22-9-5-8-20-22/h3-9H,10-14H2,1-2H3,(H,19,23). The first-order valence-corrected chi connectivity index (χ1v) is 8.24. The van der Waals surface area contributed by atoms with Gasteiger partial charge in [-0.15, -0.1) is 0 Å². The van der Waals surface area contributed by atoms with E-state index in [1.807, 2.05) is 53.9 Å². The molecule has 0 spiro atoms. The minimum Gasteiger partial charge on any atom is -0.372 e. The molecule has 1 aliphatic rings. The van der Waals surface area contributed by atoms with Crippen LogP contribution in [-0.4, -0.2) is 46.0 Å². The van der Waals surface area contributed by atoms with Crippen molar-refractivity contribution in [1.82, 2.24) is 20.0 Å². The maximum Gasteiger partial charge on any atom is 0.317 e. The number of nitrogens with one attached hydrogen (secondary N) is 1. The van der Waals surface area contributed by atoms with Crippen molar-refractivity contribution in [2.24, 2.45) is 0 Å². The second-order valence-corrected chi connectivity index (χ2v) is 6.66. The Morgan fingerprint density at radius 1 is 1.29 bits per heavy atom. The number of urea groups is 1. The van der Waals surface area contributed by atoms with Gasteiger partial charge in [-0.1, -0.05) is 24.3 Å². The number of hydrogen-bond acceptors (Lipinski definition) is 3. The van der Waals surface area contributed by atoms with Crippen molar-refractivity contribution in [1.29, 1.82) is 0 Å². The summed E-state index contributed by atoms with van der Waals surface area (Å²) in [7, 11) is 0. The molecule has 1 aromatic carbocycles. The fraction of sp³-hybridized carbons (Fsp3) is 0.444. The van der Waals surface area contributed by atoms with Crippen LogP contribution in [0.15, 0.2) is 42.7 Å². The molecule has 1 aliphatic heterocycles. The van der Waals surface area contributed by atoms with Gasteiger partial charge in [-0.2, -0.15) is 5.10 Å². The summed E-state index contributed by atoms with van der Waals surface area (Å²) in [6.45, 7) is 7.03. The SMILES string of the molecule is CC1(C)CN(C(=O)NCc2ccccc2Cn2cccn2)CCO1. The van der Waals surface area contributed by atoms with E-state index in [9.17, 15) is 4.79 Å². The summed E-state index contributed by atoms with van der Waals surface area (Å²) >= 11 is 0. The molecule has 3 rings (SSSR count). The van der Waals surface area contributed by atoms with Crippen molar-refractivity contribution in [3.63, 3.8) is 0 Å². The lowest BCUT2D eigenvalue weighted by Crippen LogP contribution is -2.53. The number of benzene rings is 1. The summed E-state index contributed by atoms with van der Waals surface area (Å²) < 4.78 is 7.54. The minimum atomic E-state index is -0.284. The second-order valence-electron chi connectivity index (χ2n) is 6.66. The Labute approximate surface area is 142 Å². The number of hydrogen-bond donors (Lipinski definition) is 1. The molecule has 2 heterocycles. The van der Waals surface area contributed by atoms with Gasteiger partial charge in [0.25, 0.3) is 0 Å². The number of carbonyl (C=O) groups excluding carboxylic acids is 1. The molecule has 24 heavy (non-hydrogen) atoms. The molecule has 1 N–H and O–H groups in total. The van der Waals surface area contributed by atoms with Crippen molar-refractivity contribution < 1.29 is 9.53 Å². The molecule has 1 fully saturated rings. The van der Waals surface area contributed by atoms with Crippen LogP contribution in [0.2, 0.25) is 0 Å². The topological polar surface area (TPSA) is 59.4 Å². The van der Waals surface area contributed by atoms with Crippen molar-refractivity contribution in [2.75, 3.05) is 19.7 Å². The molecule has 1 aromatic heterocycles. The zero-order valence-corrected chi connectivity index (χ0v) is 14.2. The highest BCUT2D eigenvalue weighted by Crippen LogP contribution is 2.16. The second kappa shape index (κ2) is 7.05. The van der Waals surface area contributed by atoms with Crippen LogP contribution in [0.1, 0.15) is 25.0 Å². The lowest BCUT2D eigenvalue weighted by molar-refractivity contribution is -0.0733. The van der Waals surface area contributed by atoms with E-state index in [4.69, 9.17) is 4.74 Å². The Kier molecular flexibility index (Phi) is 4.85. The summed E-state index contributed by atoms with van der Waals surface area (Å²) in [6.07, 6.45) is 3.70. The molecule has 0 unspecified atom stereocenters. The predicted octanol–water partition coefficient (Wildman–Crippen LogP) is 2.25. The highest BCUT2D eigenvalue weighted by Gasteiger charge is 2.29. The molecule has 0 radical (unpaired) electrons. The van der Waals surface area contributed by atoms with Gasteiger partial charge in [-0.05, 0) is 31.0 Å². The molecule has 6 nitrogen and oxygen atoms in total. The lowest BCUT2D eigenvalue weighted by Gasteiger charge is -2.38. The summed E-state index contributed by atoms with van der Waals surface area (Å²) in [5.74, 6) is 0. The van der Waals surface area contributed by atoms with Crippen LogP contribution < -0.4 is 5.32 Å². The molecule has 128 valence electrons. The summed E-state index contributed by atoms with van der Waals surface area (Å²) in [5, 5.41) is 7.27. The quantitative estimate of drug-likeness (QED) is 0.936. The van der Waals surface area contributed by atoms with Gasteiger partial charge in [0.1, 0.15) is 0 Å². The molecule has 6 heteroatoms. The third-order valence-corrected chi connectivity index (χ3v) is 4.15. The Balaban J connectivity index is 1.61. The van der Waals surface area contributed by atoms with Gasteiger partial charge in [-0.25, -0.2) is 4.79 Å². The molecule has 0 atom stereocenters. The van der Waals surface area contributed by atoms with Crippen molar-refractivity contribution in [3.05, 3.63) is 53.9 Å². The van der Waals surface area contributed by atoms with Crippen molar-refractivity contribution >= 4 is 6.03 Å². The first kappa shape index (κ1) is 16.5. The Morgan fingerprint density at radius 3 is 2.79 bits per heavy atom. The lowest BCUT2D eigenvalue weighted by atomic mass is 10.1. The van der Waals surface area contributed by atoms with E-state index in [2.05, 4.69) is 16.5 Å². The summed E-state index contributed by atoms with van der Waals surface area (Å²) in [6, 6.07) is 9.98. The Hall–Kier alpha value is -2.34. The maximum atomic E-state index is 12.4. The molecule has 1 saturated heterocycles. The molecule has 0 saturated carbocycles. The zero-order chi connectivity index (χ0) is 17.0. The number of carbonyl (C=O) groups is 1. The van der Waals surface area contributed by atoms with Gasteiger partial charge in [0, 0.05) is 25.5 Å². The fourth-order valence-electron chi connectivity index (χ4n) is 2.93. The highest BCUT2D eigenvalue weighted by atomic mass is 16.5. The van der Waals surface area contributed by atoms with E-state index < -0.39 is 0 Å². The van der Waals surface area contributed by atoms with E-state index in [1.165, 1.54) is 0 Å². The third-order valence-electron chi connectivity index (χ3n) is 4.15. The van der Waals surface area contributed by atoms with E-state index in [1.54, 1.807) is 6.20 Å². The molecular weight excluding hydrogens is 304 g/mol. The summed E-state index contributed by atoms with van der Waals surface area (Å²) in [5.41, 5.74) is 1.98. The highest BCUT2D eigenvalue weighted by molar-refractivity contribution is 5.74. The van der Waals surface area contributed by atoms with E-state index >= 15 is 0 Å². The monoisotopic (exact) mass is 328 g/mol. The Bertz CT molecular complexity index is 682. The number of ether oxygens (including phenoxy) is 1. The van der Waals surface area contributed by atoms with E-state index in [-0.39, 0.29) is 11.6 Å². The number of nitrogens with zero attached hydrogens (tertiary/aromatic N) is 3.